The van der Waals surface area contributed by atoms with Gasteiger partial charge in [0.15, 0.2) is 11.6 Å². The molecule has 0 unspecified atom stereocenters. The molecule has 0 aliphatic rings. The predicted molar refractivity (Wildman–Crippen MR) is 70.3 cm³/mol. The number of anilines is 1. The second-order valence-electron chi connectivity index (χ2n) is 3.58. The maximum atomic E-state index is 13.4. The topological polar surface area (TPSA) is 38.3 Å². The van der Waals surface area contributed by atoms with Gasteiger partial charge in [0.25, 0.3) is 0 Å². The van der Waals surface area contributed by atoms with Crippen LogP contribution in [0.4, 0.5) is 14.5 Å². The van der Waals surface area contributed by atoms with E-state index in [2.05, 4.69) is 21.2 Å². The molecule has 0 saturated heterocycles. The second kappa shape index (κ2) is 5.79. The highest BCUT2D eigenvalue weighted by Crippen LogP contribution is 2.33. The van der Waals surface area contributed by atoms with Crippen molar-refractivity contribution in [2.75, 3.05) is 5.32 Å². The van der Waals surface area contributed by atoms with E-state index in [-0.39, 0.29) is 5.75 Å². The minimum absolute atomic E-state index is 0.0850. The third kappa shape index (κ3) is 3.29. The molecule has 0 aliphatic carbocycles. The monoisotopic (exact) mass is 327 g/mol. The lowest BCUT2D eigenvalue weighted by Gasteiger charge is -2.09. The van der Waals surface area contributed by atoms with Crippen molar-refractivity contribution >= 4 is 28.0 Å². The third-order valence-electron chi connectivity index (χ3n) is 2.27. The van der Waals surface area contributed by atoms with Crippen molar-refractivity contribution in [1.29, 1.82) is 0 Å². The first-order valence-corrected chi connectivity index (χ1v) is 6.02. The lowest BCUT2D eigenvalue weighted by atomic mass is 10.3. The van der Waals surface area contributed by atoms with Crippen LogP contribution in [-0.4, -0.2) is 6.41 Å². The van der Waals surface area contributed by atoms with Crippen molar-refractivity contribution in [1.82, 2.24) is 0 Å². The molecule has 0 aromatic heterocycles. The SMILES string of the molecule is O=CNc1ccc(Oc2ccc(F)cc2F)c(Br)c1. The van der Waals surface area contributed by atoms with Crippen LogP contribution in [0.3, 0.4) is 0 Å². The van der Waals surface area contributed by atoms with Gasteiger partial charge in [-0.1, -0.05) is 0 Å². The standard InChI is InChI=1S/C13H8BrF2NO2/c14-10-6-9(17-7-18)2-4-12(10)19-13-3-1-8(15)5-11(13)16/h1-7H,(H,17,18). The molecule has 0 radical (unpaired) electrons. The van der Waals surface area contributed by atoms with E-state index in [1.165, 1.54) is 6.07 Å². The van der Waals surface area contributed by atoms with Gasteiger partial charge in [-0.3, -0.25) is 4.79 Å². The van der Waals surface area contributed by atoms with Crippen molar-refractivity contribution in [3.8, 4) is 11.5 Å². The number of halogens is 3. The van der Waals surface area contributed by atoms with Gasteiger partial charge in [0.1, 0.15) is 11.6 Å². The van der Waals surface area contributed by atoms with Crippen molar-refractivity contribution in [2.24, 2.45) is 0 Å². The molecule has 98 valence electrons. The number of ether oxygens (including phenoxy) is 1. The first-order valence-electron chi connectivity index (χ1n) is 5.23. The number of amides is 1. The zero-order chi connectivity index (χ0) is 13.8. The molecule has 1 amide bonds. The van der Waals surface area contributed by atoms with Crippen LogP contribution in [0.25, 0.3) is 0 Å². The summed E-state index contributed by atoms with van der Waals surface area (Å²) >= 11 is 3.24. The fourth-order valence-electron chi connectivity index (χ4n) is 1.42. The molecule has 0 fully saturated rings. The van der Waals surface area contributed by atoms with Gasteiger partial charge in [0.2, 0.25) is 6.41 Å². The molecule has 1 N–H and O–H groups in total. The zero-order valence-corrected chi connectivity index (χ0v) is 11.1. The average Bonchev–Trinajstić information content (AvgIpc) is 2.36. The molecule has 0 heterocycles. The first kappa shape index (κ1) is 13.5. The Morgan fingerprint density at radius 1 is 1.11 bits per heavy atom. The van der Waals surface area contributed by atoms with E-state index in [0.29, 0.717) is 22.3 Å². The lowest BCUT2D eigenvalue weighted by Crippen LogP contribution is -1.95. The minimum Gasteiger partial charge on any atom is -0.453 e. The first-order chi connectivity index (χ1) is 9.10. The van der Waals surface area contributed by atoms with E-state index in [4.69, 9.17) is 4.74 Å². The predicted octanol–water partition coefficient (Wildman–Crippen LogP) is 4.09. The molecular weight excluding hydrogens is 320 g/mol. The summed E-state index contributed by atoms with van der Waals surface area (Å²) in [5.41, 5.74) is 0.564. The van der Waals surface area contributed by atoms with Gasteiger partial charge in [0.05, 0.1) is 4.47 Å². The lowest BCUT2D eigenvalue weighted by molar-refractivity contribution is -0.105. The number of benzene rings is 2. The summed E-state index contributed by atoms with van der Waals surface area (Å²) in [6, 6.07) is 7.80. The van der Waals surface area contributed by atoms with E-state index < -0.39 is 11.6 Å². The van der Waals surface area contributed by atoms with E-state index in [1.807, 2.05) is 0 Å². The molecule has 0 saturated carbocycles. The van der Waals surface area contributed by atoms with Gasteiger partial charge in [-0.05, 0) is 46.3 Å². The minimum atomic E-state index is -0.790. The maximum Gasteiger partial charge on any atom is 0.211 e. The summed E-state index contributed by atoms with van der Waals surface area (Å²) in [6.45, 7) is 0. The largest absolute Gasteiger partial charge is 0.453 e. The van der Waals surface area contributed by atoms with Crippen LogP contribution in [0.2, 0.25) is 0 Å². The Labute approximate surface area is 116 Å². The molecule has 0 spiro atoms. The molecule has 2 aromatic rings. The number of hydrogen-bond donors (Lipinski definition) is 1. The number of hydrogen-bond acceptors (Lipinski definition) is 2. The van der Waals surface area contributed by atoms with Gasteiger partial charge in [-0.2, -0.15) is 0 Å². The Bertz CT molecular complexity index is 620. The molecule has 0 atom stereocenters. The van der Waals surface area contributed by atoms with E-state index in [1.54, 1.807) is 18.2 Å². The van der Waals surface area contributed by atoms with Gasteiger partial charge in [-0.15, -0.1) is 0 Å². The van der Waals surface area contributed by atoms with Gasteiger partial charge in [-0.25, -0.2) is 8.78 Å². The summed E-state index contributed by atoms with van der Waals surface area (Å²) < 4.78 is 32.0. The number of carbonyl (C=O) groups excluding carboxylic acids is 1. The van der Waals surface area contributed by atoms with Crippen LogP contribution < -0.4 is 10.1 Å². The van der Waals surface area contributed by atoms with Crippen LogP contribution in [-0.2, 0) is 4.79 Å². The Kier molecular flexibility index (Phi) is 4.11. The summed E-state index contributed by atoms with van der Waals surface area (Å²) in [6.07, 6.45) is 0.544. The normalized spacial score (nSPS) is 10.1. The highest BCUT2D eigenvalue weighted by molar-refractivity contribution is 9.10. The van der Waals surface area contributed by atoms with Crippen LogP contribution in [0.5, 0.6) is 11.5 Å². The number of nitrogens with one attached hydrogen (secondary N) is 1. The average molecular weight is 328 g/mol. The van der Waals surface area contributed by atoms with E-state index in [0.717, 1.165) is 12.1 Å². The number of rotatable bonds is 4. The third-order valence-corrected chi connectivity index (χ3v) is 2.89. The molecule has 3 nitrogen and oxygen atoms in total. The van der Waals surface area contributed by atoms with E-state index in [9.17, 15) is 13.6 Å². The zero-order valence-electron chi connectivity index (χ0n) is 9.49. The smallest absolute Gasteiger partial charge is 0.211 e. The van der Waals surface area contributed by atoms with Gasteiger partial charge >= 0.3 is 0 Å². The van der Waals surface area contributed by atoms with Crippen LogP contribution in [0.15, 0.2) is 40.9 Å². The fraction of sp³-hybridized carbons (Fsp3) is 0. The Morgan fingerprint density at radius 3 is 2.47 bits per heavy atom. The van der Waals surface area contributed by atoms with Crippen LogP contribution >= 0.6 is 15.9 Å². The fourth-order valence-corrected chi connectivity index (χ4v) is 1.88. The van der Waals surface area contributed by atoms with Crippen molar-refractivity contribution in [2.45, 2.75) is 0 Å². The highest BCUT2D eigenvalue weighted by Gasteiger charge is 2.09. The summed E-state index contributed by atoms with van der Waals surface area (Å²) in [7, 11) is 0. The molecule has 2 aromatic carbocycles. The summed E-state index contributed by atoms with van der Waals surface area (Å²) in [4.78, 5) is 10.3. The maximum absolute atomic E-state index is 13.4. The molecular formula is C13H8BrF2NO2. The Hall–Kier alpha value is -1.95. The molecule has 2 rings (SSSR count). The molecule has 6 heteroatoms. The van der Waals surface area contributed by atoms with Gasteiger partial charge in [0, 0.05) is 11.8 Å². The second-order valence-corrected chi connectivity index (χ2v) is 4.44. The van der Waals surface area contributed by atoms with Crippen molar-refractivity contribution < 1.29 is 18.3 Å². The van der Waals surface area contributed by atoms with Crippen molar-refractivity contribution in [3.05, 3.63) is 52.5 Å². The molecule has 0 aliphatic heterocycles. The molecule has 19 heavy (non-hydrogen) atoms. The van der Waals surface area contributed by atoms with Crippen molar-refractivity contribution in [3.63, 3.8) is 0 Å². The highest BCUT2D eigenvalue weighted by atomic mass is 79.9. The summed E-state index contributed by atoms with van der Waals surface area (Å²) in [5, 5.41) is 2.47. The summed E-state index contributed by atoms with van der Waals surface area (Å²) in [5.74, 6) is -1.20. The Morgan fingerprint density at radius 2 is 1.84 bits per heavy atom. The van der Waals surface area contributed by atoms with Gasteiger partial charge < -0.3 is 10.1 Å². The van der Waals surface area contributed by atoms with E-state index >= 15 is 0 Å². The molecule has 0 bridgehead atoms. The van der Waals surface area contributed by atoms with Crippen LogP contribution in [0.1, 0.15) is 0 Å². The number of carbonyl (C=O) groups is 1. The van der Waals surface area contributed by atoms with Crippen LogP contribution in [0, 0.1) is 11.6 Å². The quantitative estimate of drug-likeness (QED) is 0.859. The Balaban J connectivity index is 2.25.